The predicted octanol–water partition coefficient (Wildman–Crippen LogP) is 3.81. The van der Waals surface area contributed by atoms with Gasteiger partial charge in [0.25, 0.3) is 0 Å². The van der Waals surface area contributed by atoms with Crippen LogP contribution in [-0.4, -0.2) is 6.04 Å². The van der Waals surface area contributed by atoms with E-state index in [1.54, 1.807) is 6.07 Å². The van der Waals surface area contributed by atoms with Crippen molar-refractivity contribution < 1.29 is 8.78 Å². The van der Waals surface area contributed by atoms with E-state index in [0.29, 0.717) is 6.42 Å². The van der Waals surface area contributed by atoms with Crippen molar-refractivity contribution in [3.05, 3.63) is 35.4 Å². The van der Waals surface area contributed by atoms with E-state index in [9.17, 15) is 8.78 Å². The van der Waals surface area contributed by atoms with Crippen LogP contribution in [0.5, 0.6) is 0 Å². The van der Waals surface area contributed by atoms with Gasteiger partial charge in [-0.2, -0.15) is 0 Å². The molecule has 2 N–H and O–H groups in total. The Morgan fingerprint density at radius 3 is 2.53 bits per heavy atom. The maximum atomic E-state index is 13.0. The van der Waals surface area contributed by atoms with E-state index in [4.69, 9.17) is 5.73 Å². The summed E-state index contributed by atoms with van der Waals surface area (Å²) in [6.07, 6.45) is 6.30. The van der Waals surface area contributed by atoms with E-state index in [2.05, 4.69) is 6.92 Å². The van der Waals surface area contributed by atoms with Gasteiger partial charge < -0.3 is 5.73 Å². The number of hydrogen-bond acceptors (Lipinski definition) is 1. The van der Waals surface area contributed by atoms with Gasteiger partial charge in [0.05, 0.1) is 0 Å². The molecule has 3 heteroatoms. The molecule has 0 aromatic heterocycles. The fourth-order valence-corrected chi connectivity index (χ4v) is 1.90. The Morgan fingerprint density at radius 2 is 1.88 bits per heavy atom. The van der Waals surface area contributed by atoms with Crippen LogP contribution in [0, 0.1) is 11.6 Å². The molecule has 1 atom stereocenters. The summed E-state index contributed by atoms with van der Waals surface area (Å²) in [7, 11) is 0. The molecule has 96 valence electrons. The van der Waals surface area contributed by atoms with Gasteiger partial charge in [0.1, 0.15) is 0 Å². The molecule has 0 amide bonds. The van der Waals surface area contributed by atoms with E-state index in [0.717, 1.165) is 24.5 Å². The van der Waals surface area contributed by atoms with Gasteiger partial charge in [-0.15, -0.1) is 0 Å². The summed E-state index contributed by atoms with van der Waals surface area (Å²) in [4.78, 5) is 0. The van der Waals surface area contributed by atoms with Crippen molar-refractivity contribution in [2.24, 2.45) is 5.73 Å². The molecule has 0 aliphatic heterocycles. The van der Waals surface area contributed by atoms with Crippen molar-refractivity contribution in [3.63, 3.8) is 0 Å². The minimum absolute atomic E-state index is 0.0386. The first-order valence-electron chi connectivity index (χ1n) is 6.33. The Morgan fingerprint density at radius 1 is 1.12 bits per heavy atom. The van der Waals surface area contributed by atoms with Crippen LogP contribution in [-0.2, 0) is 6.42 Å². The smallest absolute Gasteiger partial charge is 0.159 e. The van der Waals surface area contributed by atoms with Crippen LogP contribution in [0.1, 0.15) is 44.6 Å². The Balaban J connectivity index is 2.34. The zero-order valence-electron chi connectivity index (χ0n) is 10.4. The first-order chi connectivity index (χ1) is 8.13. The average molecular weight is 241 g/mol. The number of hydrogen-bond donors (Lipinski definition) is 1. The van der Waals surface area contributed by atoms with Crippen LogP contribution < -0.4 is 5.73 Å². The summed E-state index contributed by atoms with van der Waals surface area (Å²) in [5.74, 6) is -1.59. The zero-order chi connectivity index (χ0) is 12.7. The third-order valence-electron chi connectivity index (χ3n) is 2.91. The Hall–Kier alpha value is -0.960. The quantitative estimate of drug-likeness (QED) is 0.722. The fourth-order valence-electron chi connectivity index (χ4n) is 1.90. The highest BCUT2D eigenvalue weighted by Crippen LogP contribution is 2.12. The van der Waals surface area contributed by atoms with Crippen LogP contribution >= 0.6 is 0 Å². The number of unbranched alkanes of at least 4 members (excludes halogenated alkanes) is 3. The minimum Gasteiger partial charge on any atom is -0.327 e. The van der Waals surface area contributed by atoms with E-state index in [1.807, 2.05) is 0 Å². The van der Waals surface area contributed by atoms with E-state index >= 15 is 0 Å². The van der Waals surface area contributed by atoms with Gasteiger partial charge in [-0.25, -0.2) is 8.78 Å². The van der Waals surface area contributed by atoms with Crippen LogP contribution in [0.25, 0.3) is 0 Å². The monoisotopic (exact) mass is 241 g/mol. The van der Waals surface area contributed by atoms with Crippen LogP contribution in [0.3, 0.4) is 0 Å². The van der Waals surface area contributed by atoms with Crippen LogP contribution in [0.15, 0.2) is 18.2 Å². The highest BCUT2D eigenvalue weighted by atomic mass is 19.2. The molecule has 0 heterocycles. The highest BCUT2D eigenvalue weighted by molar-refractivity contribution is 5.18. The molecule has 1 aromatic rings. The molecule has 0 saturated carbocycles. The SMILES string of the molecule is CCCCCCC(N)Cc1ccc(F)c(F)c1. The lowest BCUT2D eigenvalue weighted by molar-refractivity contribution is 0.503. The lowest BCUT2D eigenvalue weighted by Gasteiger charge is -2.11. The van der Waals surface area contributed by atoms with Gasteiger partial charge >= 0.3 is 0 Å². The van der Waals surface area contributed by atoms with Crippen molar-refractivity contribution in [3.8, 4) is 0 Å². The summed E-state index contributed by atoms with van der Waals surface area (Å²) in [6.45, 7) is 2.17. The standard InChI is InChI=1S/C14H21F2N/c1-2-3-4-5-6-12(17)9-11-7-8-13(15)14(16)10-11/h7-8,10,12H,2-6,9,17H2,1H3. The van der Waals surface area contributed by atoms with Gasteiger partial charge in [-0.05, 0) is 30.5 Å². The summed E-state index contributed by atoms with van der Waals surface area (Å²) in [6, 6.07) is 4.04. The molecular formula is C14H21F2N. The number of halogens is 2. The second-order valence-electron chi connectivity index (χ2n) is 4.56. The van der Waals surface area contributed by atoms with Gasteiger partial charge in [0.15, 0.2) is 11.6 Å². The van der Waals surface area contributed by atoms with E-state index < -0.39 is 11.6 Å². The first-order valence-corrected chi connectivity index (χ1v) is 6.33. The second-order valence-corrected chi connectivity index (χ2v) is 4.56. The lowest BCUT2D eigenvalue weighted by atomic mass is 10.0. The van der Waals surface area contributed by atoms with Crippen molar-refractivity contribution in [1.29, 1.82) is 0 Å². The van der Waals surface area contributed by atoms with Gasteiger partial charge in [-0.3, -0.25) is 0 Å². The third kappa shape index (κ3) is 5.26. The second kappa shape index (κ2) is 7.38. The van der Waals surface area contributed by atoms with Crippen molar-refractivity contribution in [2.45, 2.75) is 51.5 Å². The summed E-state index contributed by atoms with van der Waals surface area (Å²) < 4.78 is 25.7. The molecule has 0 fully saturated rings. The zero-order valence-corrected chi connectivity index (χ0v) is 10.4. The number of nitrogens with two attached hydrogens (primary N) is 1. The Labute approximate surface area is 102 Å². The Kier molecular flexibility index (Phi) is 6.12. The van der Waals surface area contributed by atoms with Crippen molar-refractivity contribution in [2.75, 3.05) is 0 Å². The van der Waals surface area contributed by atoms with Crippen LogP contribution in [0.4, 0.5) is 8.78 Å². The average Bonchev–Trinajstić information content (AvgIpc) is 2.30. The molecule has 1 nitrogen and oxygen atoms in total. The van der Waals surface area contributed by atoms with Crippen LogP contribution in [0.2, 0.25) is 0 Å². The van der Waals surface area contributed by atoms with Crippen molar-refractivity contribution in [1.82, 2.24) is 0 Å². The summed E-state index contributed by atoms with van der Waals surface area (Å²) >= 11 is 0. The molecule has 0 radical (unpaired) electrons. The fraction of sp³-hybridized carbons (Fsp3) is 0.571. The van der Waals surface area contributed by atoms with Gasteiger partial charge in [-0.1, -0.05) is 38.7 Å². The molecule has 1 unspecified atom stereocenters. The van der Waals surface area contributed by atoms with E-state index in [-0.39, 0.29) is 6.04 Å². The predicted molar refractivity (Wildman–Crippen MR) is 66.8 cm³/mol. The molecule has 0 aliphatic carbocycles. The molecule has 0 spiro atoms. The van der Waals surface area contributed by atoms with E-state index in [1.165, 1.54) is 25.3 Å². The highest BCUT2D eigenvalue weighted by Gasteiger charge is 2.07. The molecule has 1 aromatic carbocycles. The Bertz CT molecular complexity index is 339. The molecule has 0 bridgehead atoms. The van der Waals surface area contributed by atoms with Crippen molar-refractivity contribution >= 4 is 0 Å². The molecular weight excluding hydrogens is 220 g/mol. The van der Waals surface area contributed by atoms with Gasteiger partial charge in [0, 0.05) is 6.04 Å². The molecule has 0 aliphatic rings. The number of benzene rings is 1. The third-order valence-corrected chi connectivity index (χ3v) is 2.91. The lowest BCUT2D eigenvalue weighted by Crippen LogP contribution is -2.22. The summed E-state index contributed by atoms with van der Waals surface area (Å²) in [5.41, 5.74) is 6.73. The molecule has 1 rings (SSSR count). The largest absolute Gasteiger partial charge is 0.327 e. The maximum absolute atomic E-state index is 13.0. The minimum atomic E-state index is -0.801. The molecule has 17 heavy (non-hydrogen) atoms. The molecule has 0 saturated heterocycles. The first kappa shape index (κ1) is 14.1. The summed E-state index contributed by atoms with van der Waals surface area (Å²) in [5, 5.41) is 0. The maximum Gasteiger partial charge on any atom is 0.159 e. The normalized spacial score (nSPS) is 12.7. The number of rotatable bonds is 7. The topological polar surface area (TPSA) is 26.0 Å². The van der Waals surface area contributed by atoms with Gasteiger partial charge in [0.2, 0.25) is 0 Å².